The summed E-state index contributed by atoms with van der Waals surface area (Å²) in [5.41, 5.74) is 1.83. The van der Waals surface area contributed by atoms with Crippen LogP contribution in [0.25, 0.3) is 10.9 Å². The molecule has 0 aliphatic heterocycles. The van der Waals surface area contributed by atoms with Crippen molar-refractivity contribution >= 4 is 49.8 Å². The number of benzene rings is 2. The van der Waals surface area contributed by atoms with Gasteiger partial charge in [-0.05, 0) is 36.4 Å². The van der Waals surface area contributed by atoms with E-state index in [-0.39, 0.29) is 6.54 Å². The van der Waals surface area contributed by atoms with Gasteiger partial charge in [0.2, 0.25) is 15.9 Å². The summed E-state index contributed by atoms with van der Waals surface area (Å²) in [4.78, 5) is 15.5. The molecule has 3 rings (SSSR count). The van der Waals surface area contributed by atoms with E-state index in [0.29, 0.717) is 16.4 Å². The summed E-state index contributed by atoms with van der Waals surface area (Å²) in [7, 11) is -3.65. The lowest BCUT2D eigenvalue weighted by Gasteiger charge is -2.22. The predicted molar refractivity (Wildman–Crippen MR) is 101 cm³/mol. The van der Waals surface area contributed by atoms with Crippen molar-refractivity contribution in [3.8, 4) is 0 Å². The standard InChI is InChI=1S/C17H16ClN3O3S/c1-25(23,24)21(13-5-2-4-12(18)10-13)11-17(22)20-16-7-3-6-15-14(16)8-9-19-15/h2-10,19H,11H2,1H3,(H,20,22). The summed E-state index contributed by atoms with van der Waals surface area (Å²) in [5.74, 6) is -0.445. The van der Waals surface area contributed by atoms with Gasteiger partial charge >= 0.3 is 0 Å². The summed E-state index contributed by atoms with van der Waals surface area (Å²) in [6.07, 6.45) is 2.82. The molecule has 8 heteroatoms. The number of nitrogens with zero attached hydrogens (tertiary/aromatic N) is 1. The number of fused-ring (bicyclic) bond motifs is 1. The van der Waals surface area contributed by atoms with Crippen LogP contribution in [-0.2, 0) is 14.8 Å². The van der Waals surface area contributed by atoms with E-state index in [1.54, 1.807) is 36.5 Å². The number of halogens is 1. The molecule has 0 bridgehead atoms. The van der Waals surface area contributed by atoms with Crippen LogP contribution in [0.2, 0.25) is 5.02 Å². The minimum absolute atomic E-state index is 0.338. The molecule has 3 aromatic rings. The van der Waals surface area contributed by atoms with Crippen LogP contribution in [0.3, 0.4) is 0 Å². The fourth-order valence-electron chi connectivity index (χ4n) is 2.55. The molecule has 0 saturated heterocycles. The van der Waals surface area contributed by atoms with E-state index in [2.05, 4.69) is 10.3 Å². The smallest absolute Gasteiger partial charge is 0.245 e. The minimum atomic E-state index is -3.65. The predicted octanol–water partition coefficient (Wildman–Crippen LogP) is 3.23. The molecule has 0 spiro atoms. The molecule has 1 heterocycles. The lowest BCUT2D eigenvalue weighted by atomic mass is 10.2. The van der Waals surface area contributed by atoms with E-state index >= 15 is 0 Å². The third-order valence-corrected chi connectivity index (χ3v) is 5.03. The number of rotatable bonds is 5. The van der Waals surface area contributed by atoms with Gasteiger partial charge in [-0.2, -0.15) is 0 Å². The van der Waals surface area contributed by atoms with Crippen LogP contribution in [0, 0.1) is 0 Å². The van der Waals surface area contributed by atoms with Gasteiger partial charge in [0, 0.05) is 22.1 Å². The zero-order valence-corrected chi connectivity index (χ0v) is 14.9. The number of H-pyrrole nitrogens is 1. The zero-order valence-electron chi connectivity index (χ0n) is 13.4. The SMILES string of the molecule is CS(=O)(=O)N(CC(=O)Nc1cccc2[nH]ccc12)c1cccc(Cl)c1. The lowest BCUT2D eigenvalue weighted by Crippen LogP contribution is -2.37. The second-order valence-electron chi connectivity index (χ2n) is 5.54. The van der Waals surface area contributed by atoms with E-state index in [9.17, 15) is 13.2 Å². The first-order valence-electron chi connectivity index (χ1n) is 7.44. The van der Waals surface area contributed by atoms with Crippen LogP contribution in [0.1, 0.15) is 0 Å². The van der Waals surface area contributed by atoms with E-state index in [1.165, 1.54) is 6.07 Å². The monoisotopic (exact) mass is 377 g/mol. The molecule has 0 atom stereocenters. The Labute approximate surface area is 150 Å². The minimum Gasteiger partial charge on any atom is -0.361 e. The molecule has 0 aliphatic carbocycles. The van der Waals surface area contributed by atoms with Gasteiger partial charge < -0.3 is 10.3 Å². The third kappa shape index (κ3) is 3.94. The summed E-state index contributed by atoms with van der Waals surface area (Å²) in [6, 6.07) is 13.7. The summed E-state index contributed by atoms with van der Waals surface area (Å²) >= 11 is 5.93. The fraction of sp³-hybridized carbons (Fsp3) is 0.118. The van der Waals surface area contributed by atoms with Gasteiger partial charge in [-0.1, -0.05) is 23.7 Å². The Kier molecular flexibility index (Phi) is 4.69. The van der Waals surface area contributed by atoms with E-state index in [0.717, 1.165) is 21.5 Å². The van der Waals surface area contributed by atoms with Gasteiger partial charge in [-0.3, -0.25) is 9.10 Å². The van der Waals surface area contributed by atoms with Crippen LogP contribution in [0.4, 0.5) is 11.4 Å². The highest BCUT2D eigenvalue weighted by Crippen LogP contribution is 2.24. The maximum atomic E-state index is 12.4. The topological polar surface area (TPSA) is 82.3 Å². The lowest BCUT2D eigenvalue weighted by molar-refractivity contribution is -0.114. The quantitative estimate of drug-likeness (QED) is 0.716. The maximum Gasteiger partial charge on any atom is 0.245 e. The Morgan fingerprint density at radius 1 is 1.20 bits per heavy atom. The maximum absolute atomic E-state index is 12.4. The van der Waals surface area contributed by atoms with Crippen molar-refractivity contribution in [2.24, 2.45) is 0 Å². The second-order valence-corrected chi connectivity index (χ2v) is 7.89. The van der Waals surface area contributed by atoms with Crippen LogP contribution in [0.5, 0.6) is 0 Å². The number of sulfonamides is 1. The van der Waals surface area contributed by atoms with Crippen molar-refractivity contribution in [3.63, 3.8) is 0 Å². The van der Waals surface area contributed by atoms with Gasteiger partial charge in [-0.25, -0.2) is 8.42 Å². The molecular weight excluding hydrogens is 362 g/mol. The molecule has 0 unspecified atom stereocenters. The largest absolute Gasteiger partial charge is 0.361 e. The van der Waals surface area contributed by atoms with Gasteiger partial charge in [0.25, 0.3) is 0 Å². The van der Waals surface area contributed by atoms with Crippen LogP contribution < -0.4 is 9.62 Å². The summed E-state index contributed by atoms with van der Waals surface area (Å²) in [5, 5.41) is 4.00. The number of amides is 1. The number of nitrogens with one attached hydrogen (secondary N) is 2. The van der Waals surface area contributed by atoms with Gasteiger partial charge in [0.15, 0.2) is 0 Å². The second kappa shape index (κ2) is 6.78. The van der Waals surface area contributed by atoms with E-state index < -0.39 is 15.9 Å². The number of hydrogen-bond donors (Lipinski definition) is 2. The van der Waals surface area contributed by atoms with Crippen molar-refractivity contribution in [2.75, 3.05) is 22.4 Å². The molecule has 6 nitrogen and oxygen atoms in total. The van der Waals surface area contributed by atoms with Gasteiger partial charge in [-0.15, -0.1) is 0 Å². The van der Waals surface area contributed by atoms with Crippen molar-refractivity contribution in [1.82, 2.24) is 4.98 Å². The highest BCUT2D eigenvalue weighted by atomic mass is 35.5. The van der Waals surface area contributed by atoms with Crippen LogP contribution >= 0.6 is 11.6 Å². The first-order valence-corrected chi connectivity index (χ1v) is 9.66. The van der Waals surface area contributed by atoms with Crippen LogP contribution in [0.15, 0.2) is 54.7 Å². The molecule has 2 N–H and O–H groups in total. The molecule has 0 radical (unpaired) electrons. The molecule has 1 amide bonds. The molecule has 0 aliphatic rings. The summed E-state index contributed by atoms with van der Waals surface area (Å²) in [6.45, 7) is -0.347. The Hall–Kier alpha value is -2.51. The van der Waals surface area contributed by atoms with Crippen molar-refractivity contribution in [2.45, 2.75) is 0 Å². The Bertz CT molecular complexity index is 1030. The van der Waals surface area contributed by atoms with Crippen LogP contribution in [-0.4, -0.2) is 32.1 Å². The average molecular weight is 378 g/mol. The highest BCUT2D eigenvalue weighted by molar-refractivity contribution is 7.92. The zero-order chi connectivity index (χ0) is 18.0. The fourth-order valence-corrected chi connectivity index (χ4v) is 3.58. The van der Waals surface area contributed by atoms with Crippen molar-refractivity contribution < 1.29 is 13.2 Å². The number of anilines is 2. The number of aromatic amines is 1. The molecule has 0 saturated carbocycles. The molecule has 25 heavy (non-hydrogen) atoms. The number of aromatic nitrogens is 1. The molecule has 0 fully saturated rings. The van der Waals surface area contributed by atoms with E-state index in [1.807, 2.05) is 12.1 Å². The third-order valence-electron chi connectivity index (χ3n) is 3.65. The molecule has 1 aromatic heterocycles. The Morgan fingerprint density at radius 3 is 2.68 bits per heavy atom. The molecular formula is C17H16ClN3O3S. The number of carbonyl (C=O) groups is 1. The first kappa shape index (κ1) is 17.3. The number of carbonyl (C=O) groups excluding carboxylic acids is 1. The molecule has 130 valence electrons. The highest BCUT2D eigenvalue weighted by Gasteiger charge is 2.21. The molecule has 2 aromatic carbocycles. The Morgan fingerprint density at radius 2 is 1.96 bits per heavy atom. The average Bonchev–Trinajstić information content (AvgIpc) is 3.01. The van der Waals surface area contributed by atoms with E-state index in [4.69, 9.17) is 11.6 Å². The van der Waals surface area contributed by atoms with Crippen molar-refractivity contribution in [3.05, 3.63) is 59.8 Å². The Balaban J connectivity index is 1.85. The van der Waals surface area contributed by atoms with Gasteiger partial charge in [0.1, 0.15) is 6.54 Å². The summed E-state index contributed by atoms with van der Waals surface area (Å²) < 4.78 is 25.2. The normalized spacial score (nSPS) is 11.4. The first-order chi connectivity index (χ1) is 11.8. The van der Waals surface area contributed by atoms with Gasteiger partial charge in [0.05, 0.1) is 17.6 Å². The number of hydrogen-bond acceptors (Lipinski definition) is 3. The van der Waals surface area contributed by atoms with Crippen molar-refractivity contribution in [1.29, 1.82) is 0 Å².